The number of anilines is 1. The number of urea groups is 1. The zero-order chi connectivity index (χ0) is 14.5. The van der Waals surface area contributed by atoms with Crippen LogP contribution in [0, 0.1) is 0 Å². The van der Waals surface area contributed by atoms with E-state index in [2.05, 4.69) is 26.6 Å². The number of thiophene rings is 1. The summed E-state index contributed by atoms with van der Waals surface area (Å²) in [4.78, 5) is 12.8. The number of nitrogens with one attached hydrogen (secondary N) is 2. The highest BCUT2D eigenvalue weighted by molar-refractivity contribution is 9.10. The smallest absolute Gasteiger partial charge is 0.319 e. The third kappa shape index (κ3) is 4.06. The molecule has 106 valence electrons. The van der Waals surface area contributed by atoms with Crippen LogP contribution in [-0.4, -0.2) is 11.1 Å². The van der Waals surface area contributed by atoms with Crippen LogP contribution in [0.2, 0.25) is 0 Å². The normalized spacial score (nSPS) is 11.9. The minimum Gasteiger partial charge on any atom is -0.389 e. The highest BCUT2D eigenvalue weighted by Gasteiger charge is 2.06. The van der Waals surface area contributed by atoms with Gasteiger partial charge in [-0.2, -0.15) is 0 Å². The van der Waals surface area contributed by atoms with E-state index in [1.54, 1.807) is 42.5 Å². The van der Waals surface area contributed by atoms with Crippen molar-refractivity contribution in [1.82, 2.24) is 5.32 Å². The van der Waals surface area contributed by atoms with Gasteiger partial charge in [0.15, 0.2) is 0 Å². The molecule has 2 aromatic rings. The number of benzene rings is 1. The van der Waals surface area contributed by atoms with Crippen LogP contribution in [-0.2, 0) is 6.54 Å². The molecule has 0 bridgehead atoms. The molecule has 0 radical (unpaired) electrons. The fourth-order valence-electron chi connectivity index (χ4n) is 1.63. The zero-order valence-electron chi connectivity index (χ0n) is 10.9. The Morgan fingerprint density at radius 3 is 2.60 bits per heavy atom. The van der Waals surface area contributed by atoms with Gasteiger partial charge in [-0.1, -0.05) is 12.1 Å². The van der Waals surface area contributed by atoms with Crippen molar-refractivity contribution in [3.63, 3.8) is 0 Å². The van der Waals surface area contributed by atoms with Gasteiger partial charge in [0.2, 0.25) is 0 Å². The molecule has 20 heavy (non-hydrogen) atoms. The number of amides is 2. The Morgan fingerprint density at radius 2 is 2.05 bits per heavy atom. The number of carbonyl (C=O) groups excluding carboxylic acids is 1. The van der Waals surface area contributed by atoms with E-state index in [9.17, 15) is 9.90 Å². The van der Waals surface area contributed by atoms with Crippen molar-refractivity contribution in [2.45, 2.75) is 19.6 Å². The van der Waals surface area contributed by atoms with Gasteiger partial charge in [-0.3, -0.25) is 0 Å². The molecule has 0 saturated carbocycles. The molecular weight excluding hydrogens is 340 g/mol. The predicted molar refractivity (Wildman–Crippen MR) is 85.0 cm³/mol. The molecule has 1 atom stereocenters. The van der Waals surface area contributed by atoms with Crippen molar-refractivity contribution in [3.8, 4) is 0 Å². The van der Waals surface area contributed by atoms with Crippen molar-refractivity contribution in [2.24, 2.45) is 0 Å². The van der Waals surface area contributed by atoms with Gasteiger partial charge in [0, 0.05) is 15.0 Å². The number of carbonyl (C=O) groups is 1. The summed E-state index contributed by atoms with van der Waals surface area (Å²) in [6, 6.07) is 8.81. The molecule has 3 N–H and O–H groups in total. The van der Waals surface area contributed by atoms with Crippen LogP contribution in [0.1, 0.15) is 23.5 Å². The highest BCUT2D eigenvalue weighted by Crippen LogP contribution is 2.22. The van der Waals surface area contributed by atoms with E-state index in [1.807, 2.05) is 11.4 Å². The molecule has 1 unspecified atom stereocenters. The maximum Gasteiger partial charge on any atom is 0.319 e. The van der Waals surface area contributed by atoms with Crippen molar-refractivity contribution in [2.75, 3.05) is 5.32 Å². The molecule has 0 aliphatic rings. The van der Waals surface area contributed by atoms with Crippen molar-refractivity contribution in [1.29, 1.82) is 0 Å². The van der Waals surface area contributed by atoms with E-state index in [4.69, 9.17) is 0 Å². The van der Waals surface area contributed by atoms with E-state index < -0.39 is 6.10 Å². The average Bonchev–Trinajstić information content (AvgIpc) is 2.82. The molecule has 0 fully saturated rings. The first-order valence-electron chi connectivity index (χ1n) is 6.11. The van der Waals surface area contributed by atoms with Gasteiger partial charge in [0.05, 0.1) is 12.6 Å². The van der Waals surface area contributed by atoms with Crippen molar-refractivity contribution in [3.05, 3.63) is 50.6 Å². The topological polar surface area (TPSA) is 61.4 Å². The van der Waals surface area contributed by atoms with Crippen LogP contribution in [0.4, 0.5) is 10.5 Å². The second kappa shape index (κ2) is 6.88. The van der Waals surface area contributed by atoms with Gasteiger partial charge < -0.3 is 15.7 Å². The number of halogens is 1. The fourth-order valence-corrected chi connectivity index (χ4v) is 3.06. The first-order valence-corrected chi connectivity index (χ1v) is 7.78. The summed E-state index contributed by atoms with van der Waals surface area (Å²) in [7, 11) is 0. The number of hydrogen-bond acceptors (Lipinski definition) is 3. The van der Waals surface area contributed by atoms with E-state index in [-0.39, 0.29) is 6.03 Å². The molecule has 1 heterocycles. The van der Waals surface area contributed by atoms with Crippen LogP contribution in [0.5, 0.6) is 0 Å². The Balaban J connectivity index is 1.86. The molecular formula is C14H15BrN2O2S. The van der Waals surface area contributed by atoms with Gasteiger partial charge in [0.1, 0.15) is 0 Å². The minimum atomic E-state index is -0.506. The summed E-state index contributed by atoms with van der Waals surface area (Å²) in [6.45, 7) is 2.18. The Kier molecular flexibility index (Phi) is 5.17. The van der Waals surface area contributed by atoms with E-state index in [0.717, 1.165) is 14.9 Å². The number of rotatable bonds is 4. The molecule has 1 aromatic heterocycles. The second-order valence-electron chi connectivity index (χ2n) is 4.30. The Morgan fingerprint density at radius 1 is 1.35 bits per heavy atom. The monoisotopic (exact) mass is 354 g/mol. The van der Waals surface area contributed by atoms with Crippen molar-refractivity contribution < 1.29 is 9.90 Å². The van der Waals surface area contributed by atoms with Crippen LogP contribution >= 0.6 is 27.3 Å². The average molecular weight is 355 g/mol. The quantitative estimate of drug-likeness (QED) is 0.779. The maximum atomic E-state index is 11.8. The molecule has 0 aliphatic heterocycles. The Labute approximate surface area is 130 Å². The van der Waals surface area contributed by atoms with Crippen LogP contribution in [0.25, 0.3) is 0 Å². The Bertz CT molecular complexity index is 581. The van der Waals surface area contributed by atoms with Gasteiger partial charge >= 0.3 is 6.03 Å². The first-order chi connectivity index (χ1) is 9.56. The second-order valence-corrected chi connectivity index (χ2v) is 6.15. The zero-order valence-corrected chi connectivity index (χ0v) is 13.3. The van der Waals surface area contributed by atoms with Crippen LogP contribution < -0.4 is 10.6 Å². The van der Waals surface area contributed by atoms with Crippen LogP contribution in [0.15, 0.2) is 40.2 Å². The maximum absolute atomic E-state index is 11.8. The highest BCUT2D eigenvalue weighted by atomic mass is 79.9. The lowest BCUT2D eigenvalue weighted by Crippen LogP contribution is -2.27. The predicted octanol–water partition coefficient (Wildman–Crippen LogP) is 3.89. The SMILES string of the molecule is CC(O)c1ccc(NC(=O)NCc2sccc2Br)cc1. The standard InChI is InChI=1S/C14H15BrN2O2S/c1-9(18)10-2-4-11(5-3-10)17-14(19)16-8-13-12(15)6-7-20-13/h2-7,9,18H,8H2,1H3,(H2,16,17,19). The Hall–Kier alpha value is -1.37. The summed E-state index contributed by atoms with van der Waals surface area (Å²) < 4.78 is 1.00. The molecule has 0 aliphatic carbocycles. The molecule has 1 aromatic carbocycles. The number of aliphatic hydroxyl groups is 1. The number of hydrogen-bond donors (Lipinski definition) is 3. The molecule has 4 nitrogen and oxygen atoms in total. The third-order valence-electron chi connectivity index (χ3n) is 2.75. The van der Waals surface area contributed by atoms with E-state index in [0.29, 0.717) is 12.2 Å². The third-order valence-corrected chi connectivity index (χ3v) is 4.68. The van der Waals surface area contributed by atoms with Gasteiger partial charge in [0.25, 0.3) is 0 Å². The van der Waals surface area contributed by atoms with E-state index in [1.165, 1.54) is 0 Å². The number of aliphatic hydroxyl groups excluding tert-OH is 1. The van der Waals surface area contributed by atoms with Gasteiger partial charge in [-0.15, -0.1) is 11.3 Å². The summed E-state index contributed by atoms with van der Waals surface area (Å²) in [5.74, 6) is 0. The molecule has 0 spiro atoms. The fraction of sp³-hybridized carbons (Fsp3) is 0.214. The summed E-state index contributed by atoms with van der Waals surface area (Å²) in [5, 5.41) is 16.9. The summed E-state index contributed by atoms with van der Waals surface area (Å²) in [5.41, 5.74) is 1.51. The summed E-state index contributed by atoms with van der Waals surface area (Å²) >= 11 is 5.01. The lowest BCUT2D eigenvalue weighted by atomic mass is 10.1. The largest absolute Gasteiger partial charge is 0.389 e. The molecule has 2 amide bonds. The van der Waals surface area contributed by atoms with Gasteiger partial charge in [-0.05, 0) is 52.0 Å². The van der Waals surface area contributed by atoms with Gasteiger partial charge in [-0.25, -0.2) is 4.79 Å². The summed E-state index contributed by atoms with van der Waals surface area (Å²) in [6.07, 6.45) is -0.506. The minimum absolute atomic E-state index is 0.255. The lowest BCUT2D eigenvalue weighted by Gasteiger charge is -2.09. The molecule has 2 rings (SSSR count). The first kappa shape index (κ1) is 15.0. The molecule has 0 saturated heterocycles. The van der Waals surface area contributed by atoms with E-state index >= 15 is 0 Å². The van der Waals surface area contributed by atoms with Crippen LogP contribution in [0.3, 0.4) is 0 Å². The lowest BCUT2D eigenvalue weighted by molar-refractivity contribution is 0.199. The van der Waals surface area contributed by atoms with Crippen molar-refractivity contribution >= 4 is 39.0 Å². The molecule has 6 heteroatoms.